The molecule has 3 rings (SSSR count). The van der Waals surface area contributed by atoms with Gasteiger partial charge in [-0.05, 0) is 17.7 Å². The van der Waals surface area contributed by atoms with Crippen LogP contribution in [-0.2, 0) is 19.5 Å². The van der Waals surface area contributed by atoms with Crippen LogP contribution in [0.1, 0.15) is 27.2 Å². The normalized spacial score (nSPS) is 14.4. The molecule has 114 valence electrons. The molecule has 0 radical (unpaired) electrons. The van der Waals surface area contributed by atoms with Crippen molar-refractivity contribution in [1.82, 2.24) is 14.9 Å². The number of methoxy groups -OCH3 is 1. The molecule has 1 aliphatic heterocycles. The van der Waals surface area contributed by atoms with Gasteiger partial charge in [-0.3, -0.25) is 9.69 Å². The third-order valence-electron chi connectivity index (χ3n) is 3.88. The summed E-state index contributed by atoms with van der Waals surface area (Å²) in [5, 5.41) is 0. The van der Waals surface area contributed by atoms with Crippen LogP contribution in [0.15, 0.2) is 30.6 Å². The number of primary amides is 1. The topological polar surface area (TPSA) is 81.3 Å². The first kappa shape index (κ1) is 14.5. The van der Waals surface area contributed by atoms with Crippen molar-refractivity contribution in [3.8, 4) is 5.88 Å². The smallest absolute Gasteiger partial charge is 0.248 e. The molecule has 2 aromatic rings. The predicted octanol–water partition coefficient (Wildman–Crippen LogP) is 1.14. The van der Waals surface area contributed by atoms with Gasteiger partial charge in [0, 0.05) is 37.2 Å². The number of nitrogens with zero attached hydrogens (tertiary/aromatic N) is 3. The fraction of sp³-hybridized carbons (Fsp3) is 0.312. The monoisotopic (exact) mass is 298 g/mol. The van der Waals surface area contributed by atoms with E-state index in [1.807, 2.05) is 12.1 Å². The van der Waals surface area contributed by atoms with Crippen molar-refractivity contribution in [2.24, 2.45) is 5.73 Å². The zero-order valence-electron chi connectivity index (χ0n) is 12.5. The molecule has 6 nitrogen and oxygen atoms in total. The molecule has 0 saturated heterocycles. The molecular formula is C16H18N4O2. The number of ether oxygens (including phenoxy) is 1. The van der Waals surface area contributed by atoms with Crippen LogP contribution < -0.4 is 10.5 Å². The van der Waals surface area contributed by atoms with Gasteiger partial charge in [0.05, 0.1) is 12.8 Å². The Labute approximate surface area is 128 Å². The lowest BCUT2D eigenvalue weighted by Gasteiger charge is -2.28. The van der Waals surface area contributed by atoms with Gasteiger partial charge in [0.1, 0.15) is 6.33 Å². The second kappa shape index (κ2) is 6.11. The third kappa shape index (κ3) is 2.92. The van der Waals surface area contributed by atoms with Gasteiger partial charge < -0.3 is 10.5 Å². The fourth-order valence-corrected chi connectivity index (χ4v) is 2.71. The van der Waals surface area contributed by atoms with E-state index in [1.165, 1.54) is 0 Å². The number of nitrogens with two attached hydrogens (primary N) is 1. The molecule has 0 atom stereocenters. The molecule has 0 unspecified atom stereocenters. The van der Waals surface area contributed by atoms with E-state index in [1.54, 1.807) is 25.6 Å². The Kier molecular flexibility index (Phi) is 4.02. The number of hydrogen-bond donors (Lipinski definition) is 1. The molecule has 6 heteroatoms. The van der Waals surface area contributed by atoms with Crippen LogP contribution in [0.25, 0.3) is 0 Å². The van der Waals surface area contributed by atoms with Gasteiger partial charge in [-0.1, -0.05) is 12.1 Å². The zero-order chi connectivity index (χ0) is 15.5. The summed E-state index contributed by atoms with van der Waals surface area (Å²) in [6, 6.07) is 7.40. The zero-order valence-corrected chi connectivity index (χ0v) is 12.5. The Morgan fingerprint density at radius 1 is 1.32 bits per heavy atom. The van der Waals surface area contributed by atoms with Crippen molar-refractivity contribution in [2.45, 2.75) is 19.5 Å². The van der Waals surface area contributed by atoms with E-state index in [2.05, 4.69) is 14.9 Å². The molecule has 1 aromatic heterocycles. The van der Waals surface area contributed by atoms with Crippen molar-refractivity contribution in [1.29, 1.82) is 0 Å². The van der Waals surface area contributed by atoms with E-state index in [4.69, 9.17) is 10.5 Å². The van der Waals surface area contributed by atoms with Crippen LogP contribution in [0.4, 0.5) is 0 Å². The Balaban J connectivity index is 1.73. The van der Waals surface area contributed by atoms with Crippen molar-refractivity contribution in [3.05, 3.63) is 53.0 Å². The number of amides is 1. The molecular weight excluding hydrogens is 280 g/mol. The second-order valence-electron chi connectivity index (χ2n) is 5.33. The van der Waals surface area contributed by atoms with E-state index >= 15 is 0 Å². The lowest BCUT2D eigenvalue weighted by Crippen LogP contribution is -2.31. The van der Waals surface area contributed by atoms with Crippen molar-refractivity contribution >= 4 is 5.91 Å². The predicted molar refractivity (Wildman–Crippen MR) is 81.4 cm³/mol. The molecule has 0 spiro atoms. The lowest BCUT2D eigenvalue weighted by atomic mass is 10.1. The highest BCUT2D eigenvalue weighted by molar-refractivity contribution is 5.92. The Hall–Kier alpha value is -2.47. The van der Waals surface area contributed by atoms with Crippen LogP contribution in [0.3, 0.4) is 0 Å². The highest BCUT2D eigenvalue weighted by Gasteiger charge is 2.21. The van der Waals surface area contributed by atoms with E-state index in [0.29, 0.717) is 11.4 Å². The number of hydrogen-bond acceptors (Lipinski definition) is 5. The first-order valence-corrected chi connectivity index (χ1v) is 7.15. The van der Waals surface area contributed by atoms with Crippen molar-refractivity contribution < 1.29 is 9.53 Å². The summed E-state index contributed by atoms with van der Waals surface area (Å²) in [7, 11) is 1.63. The first-order chi connectivity index (χ1) is 10.7. The summed E-state index contributed by atoms with van der Waals surface area (Å²) in [6.07, 6.45) is 2.43. The Bertz CT molecular complexity index is 671. The average molecular weight is 298 g/mol. The molecule has 0 aliphatic carbocycles. The van der Waals surface area contributed by atoms with E-state index < -0.39 is 5.91 Å². The summed E-state index contributed by atoms with van der Waals surface area (Å²) in [5.41, 5.74) is 9.05. The van der Waals surface area contributed by atoms with Gasteiger partial charge >= 0.3 is 0 Å². The van der Waals surface area contributed by atoms with Gasteiger partial charge in [-0.15, -0.1) is 0 Å². The Morgan fingerprint density at radius 2 is 2.09 bits per heavy atom. The summed E-state index contributed by atoms with van der Waals surface area (Å²) in [6.45, 7) is 2.50. The molecule has 1 aliphatic rings. The maximum absolute atomic E-state index is 11.1. The SMILES string of the molecule is COc1ncnc2c1CN(Cc1ccc(C(N)=O)cc1)CC2. The van der Waals surface area contributed by atoms with E-state index in [-0.39, 0.29) is 0 Å². The van der Waals surface area contributed by atoms with Crippen LogP contribution in [-0.4, -0.2) is 34.4 Å². The lowest BCUT2D eigenvalue weighted by molar-refractivity contribution is 0.100. The maximum Gasteiger partial charge on any atom is 0.248 e. The average Bonchev–Trinajstić information content (AvgIpc) is 2.54. The fourth-order valence-electron chi connectivity index (χ4n) is 2.71. The highest BCUT2D eigenvalue weighted by Crippen LogP contribution is 2.25. The number of rotatable bonds is 4. The van der Waals surface area contributed by atoms with Gasteiger partial charge in [-0.2, -0.15) is 0 Å². The number of carbonyl (C=O) groups is 1. The molecule has 0 saturated carbocycles. The largest absolute Gasteiger partial charge is 0.481 e. The molecule has 0 fully saturated rings. The van der Waals surface area contributed by atoms with Gasteiger partial charge in [-0.25, -0.2) is 9.97 Å². The Morgan fingerprint density at radius 3 is 2.77 bits per heavy atom. The van der Waals surface area contributed by atoms with E-state index in [9.17, 15) is 4.79 Å². The molecule has 0 bridgehead atoms. The van der Waals surface area contributed by atoms with Gasteiger partial charge in [0.2, 0.25) is 11.8 Å². The van der Waals surface area contributed by atoms with Crippen LogP contribution >= 0.6 is 0 Å². The maximum atomic E-state index is 11.1. The number of fused-ring (bicyclic) bond motifs is 1. The summed E-state index contributed by atoms with van der Waals surface area (Å²) in [4.78, 5) is 21.9. The summed E-state index contributed by atoms with van der Waals surface area (Å²) >= 11 is 0. The van der Waals surface area contributed by atoms with Crippen LogP contribution in [0.2, 0.25) is 0 Å². The highest BCUT2D eigenvalue weighted by atomic mass is 16.5. The molecule has 2 heterocycles. The minimum absolute atomic E-state index is 0.402. The molecule has 2 N–H and O–H groups in total. The minimum Gasteiger partial charge on any atom is -0.481 e. The van der Waals surface area contributed by atoms with Crippen LogP contribution in [0, 0.1) is 0 Å². The molecule has 1 amide bonds. The van der Waals surface area contributed by atoms with Crippen molar-refractivity contribution in [2.75, 3.05) is 13.7 Å². The van der Waals surface area contributed by atoms with Crippen LogP contribution in [0.5, 0.6) is 5.88 Å². The van der Waals surface area contributed by atoms with E-state index in [0.717, 1.165) is 42.9 Å². The first-order valence-electron chi connectivity index (χ1n) is 7.15. The number of aromatic nitrogens is 2. The second-order valence-corrected chi connectivity index (χ2v) is 5.33. The minimum atomic E-state index is -0.402. The summed E-state index contributed by atoms with van der Waals surface area (Å²) in [5.74, 6) is 0.249. The molecule has 1 aromatic carbocycles. The van der Waals surface area contributed by atoms with Gasteiger partial charge in [0.25, 0.3) is 0 Å². The van der Waals surface area contributed by atoms with Crippen molar-refractivity contribution in [3.63, 3.8) is 0 Å². The number of benzene rings is 1. The molecule has 22 heavy (non-hydrogen) atoms. The van der Waals surface area contributed by atoms with Gasteiger partial charge in [0.15, 0.2) is 0 Å². The third-order valence-corrected chi connectivity index (χ3v) is 3.88. The standard InChI is InChI=1S/C16H18N4O2/c1-22-16-13-9-20(7-6-14(13)18-10-19-16)8-11-2-4-12(5-3-11)15(17)21/h2-5,10H,6-9H2,1H3,(H2,17,21). The quantitative estimate of drug-likeness (QED) is 0.915. The number of carbonyl (C=O) groups excluding carboxylic acids is 1. The summed E-state index contributed by atoms with van der Waals surface area (Å²) < 4.78 is 5.32.